The van der Waals surface area contributed by atoms with Crippen molar-refractivity contribution in [2.24, 2.45) is 0 Å². The Morgan fingerprint density at radius 2 is 2.21 bits per heavy atom. The second-order valence-corrected chi connectivity index (χ2v) is 3.22. The molecular formula is C11H12FNO. The lowest BCUT2D eigenvalue weighted by Crippen LogP contribution is -2.00. The second kappa shape index (κ2) is 3.42. The Labute approximate surface area is 81.6 Å². The summed E-state index contributed by atoms with van der Waals surface area (Å²) in [6, 6.07) is 6.79. The van der Waals surface area contributed by atoms with Crippen molar-refractivity contribution in [3.05, 3.63) is 35.8 Å². The summed E-state index contributed by atoms with van der Waals surface area (Å²) in [4.78, 5) is 0. The highest BCUT2D eigenvalue weighted by Gasteiger charge is 2.09. The van der Waals surface area contributed by atoms with Gasteiger partial charge >= 0.3 is 0 Å². The van der Waals surface area contributed by atoms with Gasteiger partial charge in [0, 0.05) is 17.6 Å². The third kappa shape index (κ3) is 1.21. The van der Waals surface area contributed by atoms with Gasteiger partial charge in [0.1, 0.15) is 5.82 Å². The maximum absolute atomic E-state index is 13.5. The van der Waals surface area contributed by atoms with E-state index in [9.17, 15) is 4.39 Å². The molecule has 0 unspecified atom stereocenters. The van der Waals surface area contributed by atoms with Crippen molar-refractivity contribution >= 4 is 10.9 Å². The van der Waals surface area contributed by atoms with Gasteiger partial charge in [-0.15, -0.1) is 0 Å². The minimum Gasteiger partial charge on any atom is -0.390 e. The highest BCUT2D eigenvalue weighted by Crippen LogP contribution is 2.22. The van der Waals surface area contributed by atoms with Crippen LogP contribution in [-0.4, -0.2) is 9.67 Å². The fraction of sp³-hybridized carbons (Fsp3) is 0.273. The molecule has 0 amide bonds. The summed E-state index contributed by atoms with van der Waals surface area (Å²) in [5.74, 6) is -0.232. The van der Waals surface area contributed by atoms with Crippen molar-refractivity contribution in [3.63, 3.8) is 0 Å². The van der Waals surface area contributed by atoms with Crippen LogP contribution in [0.25, 0.3) is 10.9 Å². The van der Waals surface area contributed by atoms with Gasteiger partial charge in [-0.3, -0.25) is 0 Å². The van der Waals surface area contributed by atoms with Crippen LogP contribution in [0.15, 0.2) is 24.3 Å². The number of aryl methyl sites for hydroxylation is 1. The minimum absolute atomic E-state index is 0.0536. The topological polar surface area (TPSA) is 25.2 Å². The fourth-order valence-electron chi connectivity index (χ4n) is 1.83. The van der Waals surface area contributed by atoms with Gasteiger partial charge in [0.25, 0.3) is 0 Å². The van der Waals surface area contributed by atoms with E-state index in [1.807, 2.05) is 19.1 Å². The Balaban J connectivity index is 2.81. The summed E-state index contributed by atoms with van der Waals surface area (Å²) in [5.41, 5.74) is 1.34. The number of nitrogens with zero attached hydrogens (tertiary/aromatic N) is 1. The maximum atomic E-state index is 13.5. The molecule has 0 spiro atoms. The summed E-state index contributed by atoms with van der Waals surface area (Å²) < 4.78 is 15.3. The normalized spacial score (nSPS) is 11.1. The number of aromatic nitrogens is 1. The molecule has 1 N–H and O–H groups in total. The molecule has 0 aliphatic heterocycles. The van der Waals surface area contributed by atoms with Crippen LogP contribution >= 0.6 is 0 Å². The van der Waals surface area contributed by atoms with Gasteiger partial charge in [-0.05, 0) is 19.1 Å². The second-order valence-electron chi connectivity index (χ2n) is 3.22. The molecule has 74 valence electrons. The van der Waals surface area contributed by atoms with E-state index in [1.54, 1.807) is 10.6 Å². The van der Waals surface area contributed by atoms with E-state index in [0.29, 0.717) is 12.1 Å². The standard InChI is InChI=1S/C11H12FNO/c1-2-13-9(7-14)6-8-4-3-5-10(12)11(8)13/h3-6,14H,2,7H2,1H3. The van der Waals surface area contributed by atoms with E-state index in [-0.39, 0.29) is 12.4 Å². The highest BCUT2D eigenvalue weighted by atomic mass is 19.1. The molecule has 0 saturated carbocycles. The summed E-state index contributed by atoms with van der Waals surface area (Å²) in [6.07, 6.45) is 0. The van der Waals surface area contributed by atoms with Gasteiger partial charge in [-0.25, -0.2) is 4.39 Å². The van der Waals surface area contributed by atoms with Crippen LogP contribution in [0.3, 0.4) is 0 Å². The number of rotatable bonds is 2. The van der Waals surface area contributed by atoms with Crippen LogP contribution in [0.5, 0.6) is 0 Å². The number of aliphatic hydroxyl groups is 1. The van der Waals surface area contributed by atoms with Gasteiger partial charge in [-0.2, -0.15) is 0 Å². The molecule has 0 bridgehead atoms. The molecule has 2 rings (SSSR count). The zero-order valence-corrected chi connectivity index (χ0v) is 8.00. The largest absolute Gasteiger partial charge is 0.390 e. The van der Waals surface area contributed by atoms with E-state index in [2.05, 4.69) is 0 Å². The lowest BCUT2D eigenvalue weighted by atomic mass is 10.2. The van der Waals surface area contributed by atoms with Crippen molar-refractivity contribution in [2.45, 2.75) is 20.1 Å². The van der Waals surface area contributed by atoms with Crippen LogP contribution in [0, 0.1) is 5.82 Å². The SMILES string of the molecule is CCn1c(CO)cc2cccc(F)c21. The zero-order chi connectivity index (χ0) is 10.1. The van der Waals surface area contributed by atoms with E-state index in [4.69, 9.17) is 5.11 Å². The molecule has 0 aliphatic carbocycles. The van der Waals surface area contributed by atoms with E-state index < -0.39 is 0 Å². The number of hydrogen-bond donors (Lipinski definition) is 1. The molecule has 1 aromatic heterocycles. The molecule has 1 aromatic carbocycles. The molecular weight excluding hydrogens is 181 g/mol. The van der Waals surface area contributed by atoms with Gasteiger partial charge in [0.15, 0.2) is 0 Å². The molecule has 3 heteroatoms. The first kappa shape index (κ1) is 9.21. The predicted octanol–water partition coefficient (Wildman–Crippen LogP) is 2.29. The number of benzene rings is 1. The number of halogens is 1. The van der Waals surface area contributed by atoms with Crippen LogP contribution < -0.4 is 0 Å². The number of aliphatic hydroxyl groups excluding tert-OH is 1. The van der Waals surface area contributed by atoms with Crippen molar-refractivity contribution in [3.8, 4) is 0 Å². The smallest absolute Gasteiger partial charge is 0.147 e. The lowest BCUT2D eigenvalue weighted by Gasteiger charge is -2.05. The number of fused-ring (bicyclic) bond motifs is 1. The zero-order valence-electron chi connectivity index (χ0n) is 8.00. The Kier molecular flexibility index (Phi) is 2.25. The molecule has 0 radical (unpaired) electrons. The first-order valence-electron chi connectivity index (χ1n) is 4.65. The summed E-state index contributed by atoms with van der Waals surface area (Å²) in [6.45, 7) is 2.55. The summed E-state index contributed by atoms with van der Waals surface area (Å²) >= 11 is 0. The quantitative estimate of drug-likeness (QED) is 0.777. The molecule has 14 heavy (non-hydrogen) atoms. The first-order chi connectivity index (χ1) is 6.77. The van der Waals surface area contributed by atoms with Crippen LogP contribution in [0.4, 0.5) is 4.39 Å². The molecule has 0 saturated heterocycles. The first-order valence-corrected chi connectivity index (χ1v) is 4.65. The van der Waals surface area contributed by atoms with Gasteiger partial charge in [-0.1, -0.05) is 12.1 Å². The number of hydrogen-bond acceptors (Lipinski definition) is 1. The predicted molar refractivity (Wildman–Crippen MR) is 53.5 cm³/mol. The van der Waals surface area contributed by atoms with Crippen molar-refractivity contribution < 1.29 is 9.50 Å². The maximum Gasteiger partial charge on any atom is 0.147 e. The third-order valence-corrected chi connectivity index (χ3v) is 2.43. The van der Waals surface area contributed by atoms with Crippen molar-refractivity contribution in [2.75, 3.05) is 0 Å². The summed E-state index contributed by atoms with van der Waals surface area (Å²) in [5, 5.41) is 9.94. The van der Waals surface area contributed by atoms with Crippen molar-refractivity contribution in [1.29, 1.82) is 0 Å². The van der Waals surface area contributed by atoms with Crippen molar-refractivity contribution in [1.82, 2.24) is 4.57 Å². The monoisotopic (exact) mass is 193 g/mol. The highest BCUT2D eigenvalue weighted by molar-refractivity contribution is 5.81. The molecule has 1 heterocycles. The Hall–Kier alpha value is -1.35. The summed E-state index contributed by atoms with van der Waals surface area (Å²) in [7, 11) is 0. The Morgan fingerprint density at radius 3 is 2.86 bits per heavy atom. The van der Waals surface area contributed by atoms with E-state index in [0.717, 1.165) is 11.1 Å². The molecule has 0 atom stereocenters. The van der Waals surface area contributed by atoms with E-state index >= 15 is 0 Å². The molecule has 2 aromatic rings. The molecule has 0 fully saturated rings. The average Bonchev–Trinajstić information content (AvgIpc) is 2.56. The van der Waals surface area contributed by atoms with Gasteiger partial charge in [0.2, 0.25) is 0 Å². The van der Waals surface area contributed by atoms with E-state index in [1.165, 1.54) is 6.07 Å². The Morgan fingerprint density at radius 1 is 1.43 bits per heavy atom. The van der Waals surface area contributed by atoms with Gasteiger partial charge < -0.3 is 9.67 Å². The minimum atomic E-state index is -0.232. The third-order valence-electron chi connectivity index (χ3n) is 2.43. The van der Waals surface area contributed by atoms with Gasteiger partial charge in [0.05, 0.1) is 12.1 Å². The van der Waals surface area contributed by atoms with Crippen LogP contribution in [-0.2, 0) is 13.2 Å². The fourth-order valence-corrected chi connectivity index (χ4v) is 1.83. The van der Waals surface area contributed by atoms with Crippen LogP contribution in [0.2, 0.25) is 0 Å². The molecule has 0 aliphatic rings. The number of para-hydroxylation sites is 1. The Bertz CT molecular complexity index is 462. The lowest BCUT2D eigenvalue weighted by molar-refractivity contribution is 0.271. The average molecular weight is 193 g/mol. The van der Waals surface area contributed by atoms with Crippen LogP contribution in [0.1, 0.15) is 12.6 Å². The molecule has 2 nitrogen and oxygen atoms in total.